The van der Waals surface area contributed by atoms with Crippen molar-refractivity contribution in [2.24, 2.45) is 0 Å². The normalized spacial score (nSPS) is 13.6. The fraction of sp³-hybridized carbons (Fsp3) is 0.357. The predicted molar refractivity (Wildman–Crippen MR) is 74.5 cm³/mol. The monoisotopic (exact) mass is 242 g/mol. The van der Waals surface area contributed by atoms with Gasteiger partial charge >= 0.3 is 0 Å². The van der Waals surface area contributed by atoms with E-state index in [1.54, 1.807) is 0 Å². The van der Waals surface area contributed by atoms with E-state index in [0.717, 1.165) is 24.6 Å². The van der Waals surface area contributed by atoms with E-state index in [4.69, 9.17) is 0 Å². The molecule has 0 unspecified atom stereocenters. The van der Waals surface area contributed by atoms with Gasteiger partial charge in [0.15, 0.2) is 0 Å². The second kappa shape index (κ2) is 4.05. The van der Waals surface area contributed by atoms with E-state index in [1.807, 2.05) is 10.9 Å². The van der Waals surface area contributed by atoms with Crippen molar-refractivity contribution in [3.8, 4) is 0 Å². The van der Waals surface area contributed by atoms with Crippen LogP contribution in [-0.2, 0) is 13.1 Å². The highest BCUT2D eigenvalue weighted by Crippen LogP contribution is 2.35. The Morgan fingerprint density at radius 2 is 2.22 bits per heavy atom. The minimum Gasteiger partial charge on any atom is -0.368 e. The van der Waals surface area contributed by atoms with Crippen LogP contribution in [0.25, 0.3) is 0 Å². The van der Waals surface area contributed by atoms with E-state index in [9.17, 15) is 0 Å². The Hall–Kier alpha value is -1.97. The number of aryl methyl sites for hydroxylation is 2. The molecule has 2 heterocycles. The maximum absolute atomic E-state index is 4.42. The first-order valence-corrected chi connectivity index (χ1v) is 6.32. The Balaban J connectivity index is 2.14. The molecular weight excluding hydrogens is 224 g/mol. The molecule has 3 rings (SSSR count). The largest absolute Gasteiger partial charge is 0.368 e. The van der Waals surface area contributed by atoms with Gasteiger partial charge in [0.1, 0.15) is 5.82 Å². The third kappa shape index (κ3) is 1.65. The summed E-state index contributed by atoms with van der Waals surface area (Å²) in [5.41, 5.74) is 4.90. The number of rotatable bonds is 1. The summed E-state index contributed by atoms with van der Waals surface area (Å²) in [6, 6.07) is 6.51. The molecule has 4 nitrogen and oxygen atoms in total. The van der Waals surface area contributed by atoms with Crippen LogP contribution in [0.4, 0.5) is 17.2 Å². The Kier molecular flexibility index (Phi) is 2.51. The molecule has 0 saturated heterocycles. The lowest BCUT2D eigenvalue weighted by Gasteiger charge is -2.19. The molecule has 1 aromatic heterocycles. The van der Waals surface area contributed by atoms with E-state index in [0.29, 0.717) is 0 Å². The van der Waals surface area contributed by atoms with Crippen LogP contribution >= 0.6 is 0 Å². The summed E-state index contributed by atoms with van der Waals surface area (Å²) in [7, 11) is 2.12. The van der Waals surface area contributed by atoms with Crippen molar-refractivity contribution >= 4 is 17.2 Å². The first-order chi connectivity index (χ1) is 8.69. The molecular formula is C14H18N4. The lowest BCUT2D eigenvalue weighted by atomic mass is 10.2. The maximum atomic E-state index is 4.42. The summed E-state index contributed by atoms with van der Waals surface area (Å²) in [5.74, 6) is 1.12. The van der Waals surface area contributed by atoms with Crippen LogP contribution in [0.1, 0.15) is 18.1 Å². The molecule has 94 valence electrons. The lowest BCUT2D eigenvalue weighted by Crippen LogP contribution is -2.15. The van der Waals surface area contributed by atoms with Gasteiger partial charge in [-0.05, 0) is 31.5 Å². The summed E-state index contributed by atoms with van der Waals surface area (Å²) in [6.45, 7) is 6.00. The number of nitrogens with one attached hydrogen (secondary N) is 1. The van der Waals surface area contributed by atoms with Gasteiger partial charge in [-0.2, -0.15) is 5.10 Å². The molecule has 1 aliphatic heterocycles. The highest BCUT2D eigenvalue weighted by molar-refractivity contribution is 5.78. The second-order valence-electron chi connectivity index (χ2n) is 4.84. The van der Waals surface area contributed by atoms with Gasteiger partial charge in [-0.25, -0.2) is 4.68 Å². The highest BCUT2D eigenvalue weighted by Gasteiger charge is 2.19. The topological polar surface area (TPSA) is 33.1 Å². The van der Waals surface area contributed by atoms with Crippen molar-refractivity contribution in [3.63, 3.8) is 0 Å². The third-order valence-electron chi connectivity index (χ3n) is 3.44. The number of nitrogens with zero attached hydrogens (tertiary/aromatic N) is 3. The fourth-order valence-electron chi connectivity index (χ4n) is 2.48. The van der Waals surface area contributed by atoms with E-state index >= 15 is 0 Å². The summed E-state index contributed by atoms with van der Waals surface area (Å²) in [6.07, 6.45) is 1.96. The summed E-state index contributed by atoms with van der Waals surface area (Å²) in [5, 5.41) is 7.95. The summed E-state index contributed by atoms with van der Waals surface area (Å²) in [4.78, 5) is 2.26. The van der Waals surface area contributed by atoms with Crippen molar-refractivity contribution in [1.82, 2.24) is 9.78 Å². The number of hydrogen-bond acceptors (Lipinski definition) is 3. The van der Waals surface area contributed by atoms with Crippen LogP contribution in [0, 0.1) is 6.92 Å². The van der Waals surface area contributed by atoms with Gasteiger partial charge in [-0.1, -0.05) is 6.07 Å². The van der Waals surface area contributed by atoms with Gasteiger partial charge in [0.25, 0.3) is 0 Å². The first-order valence-electron chi connectivity index (χ1n) is 6.32. The zero-order valence-electron chi connectivity index (χ0n) is 11.1. The molecule has 2 aromatic rings. The number of anilines is 3. The molecule has 0 spiro atoms. The standard InChI is InChI=1S/C14H18N4/c1-4-18-14-11(8-15-18)9-17(3)13-6-5-10(2)7-12(13)16-14/h5-8,16H,4,9H2,1-3H3. The molecule has 18 heavy (non-hydrogen) atoms. The van der Waals surface area contributed by atoms with Crippen molar-refractivity contribution in [2.75, 3.05) is 17.3 Å². The van der Waals surface area contributed by atoms with Gasteiger partial charge in [-0.15, -0.1) is 0 Å². The quantitative estimate of drug-likeness (QED) is 0.834. The SMILES string of the molecule is CCn1ncc2c1Nc1cc(C)ccc1N(C)C2. The minimum atomic E-state index is 0.882. The molecule has 1 aromatic carbocycles. The van der Waals surface area contributed by atoms with Gasteiger partial charge in [0.05, 0.1) is 17.6 Å². The molecule has 0 amide bonds. The predicted octanol–water partition coefficient (Wildman–Crippen LogP) is 2.90. The molecule has 1 aliphatic rings. The van der Waals surface area contributed by atoms with Crippen LogP contribution in [0.2, 0.25) is 0 Å². The fourth-order valence-corrected chi connectivity index (χ4v) is 2.48. The summed E-state index contributed by atoms with van der Waals surface area (Å²) >= 11 is 0. The van der Waals surface area contributed by atoms with Gasteiger partial charge in [0.2, 0.25) is 0 Å². The molecule has 4 heteroatoms. The van der Waals surface area contributed by atoms with Crippen LogP contribution < -0.4 is 10.2 Å². The molecule has 0 bridgehead atoms. The Morgan fingerprint density at radius 1 is 1.39 bits per heavy atom. The molecule has 0 saturated carbocycles. The molecule has 1 N–H and O–H groups in total. The lowest BCUT2D eigenvalue weighted by molar-refractivity contribution is 0.668. The smallest absolute Gasteiger partial charge is 0.133 e. The molecule has 0 aliphatic carbocycles. The zero-order chi connectivity index (χ0) is 12.7. The van der Waals surface area contributed by atoms with E-state index in [1.165, 1.54) is 16.8 Å². The van der Waals surface area contributed by atoms with Gasteiger partial charge in [-0.3, -0.25) is 0 Å². The minimum absolute atomic E-state index is 0.882. The third-order valence-corrected chi connectivity index (χ3v) is 3.44. The van der Waals surface area contributed by atoms with Crippen LogP contribution in [0.3, 0.4) is 0 Å². The second-order valence-corrected chi connectivity index (χ2v) is 4.84. The summed E-state index contributed by atoms with van der Waals surface area (Å²) < 4.78 is 2.01. The Labute approximate surface area is 107 Å². The van der Waals surface area contributed by atoms with Gasteiger partial charge in [0, 0.05) is 25.7 Å². The van der Waals surface area contributed by atoms with Crippen LogP contribution in [-0.4, -0.2) is 16.8 Å². The van der Waals surface area contributed by atoms with Gasteiger partial charge < -0.3 is 10.2 Å². The average molecular weight is 242 g/mol. The van der Waals surface area contributed by atoms with Crippen molar-refractivity contribution in [1.29, 1.82) is 0 Å². The van der Waals surface area contributed by atoms with E-state index in [2.05, 4.69) is 54.4 Å². The number of hydrogen-bond donors (Lipinski definition) is 1. The first kappa shape index (κ1) is 11.1. The van der Waals surface area contributed by atoms with Crippen molar-refractivity contribution < 1.29 is 0 Å². The van der Waals surface area contributed by atoms with Crippen molar-refractivity contribution in [3.05, 3.63) is 35.5 Å². The number of fused-ring (bicyclic) bond motifs is 2. The zero-order valence-corrected chi connectivity index (χ0v) is 11.1. The Bertz CT molecular complexity index is 585. The Morgan fingerprint density at radius 3 is 3.00 bits per heavy atom. The van der Waals surface area contributed by atoms with E-state index in [-0.39, 0.29) is 0 Å². The van der Waals surface area contributed by atoms with E-state index < -0.39 is 0 Å². The highest BCUT2D eigenvalue weighted by atomic mass is 15.3. The van der Waals surface area contributed by atoms with Crippen LogP contribution in [0.5, 0.6) is 0 Å². The number of aromatic nitrogens is 2. The van der Waals surface area contributed by atoms with Crippen molar-refractivity contribution in [2.45, 2.75) is 26.9 Å². The molecule has 0 radical (unpaired) electrons. The maximum Gasteiger partial charge on any atom is 0.133 e. The van der Waals surface area contributed by atoms with Crippen LogP contribution in [0.15, 0.2) is 24.4 Å². The molecule has 0 fully saturated rings. The number of benzene rings is 1. The molecule has 0 atom stereocenters. The average Bonchev–Trinajstić information content (AvgIpc) is 2.65.